The highest BCUT2D eigenvalue weighted by molar-refractivity contribution is 9.10. The molecule has 0 saturated carbocycles. The molecule has 0 atom stereocenters. The van der Waals surface area contributed by atoms with Gasteiger partial charge in [0.1, 0.15) is 0 Å². The fraction of sp³-hybridized carbons (Fsp3) is 0.0588. The van der Waals surface area contributed by atoms with Crippen LogP contribution in [-0.4, -0.2) is 25.9 Å². The van der Waals surface area contributed by atoms with Crippen molar-refractivity contribution in [3.05, 3.63) is 83.2 Å². The Morgan fingerprint density at radius 2 is 1.71 bits per heavy atom. The minimum absolute atomic E-state index is 0.0835. The molecule has 2 aromatic carbocycles. The van der Waals surface area contributed by atoms with Gasteiger partial charge in [0.25, 0.3) is 22.5 Å². The smallest absolute Gasteiger partial charge is 0.268 e. The van der Waals surface area contributed by atoms with Gasteiger partial charge >= 0.3 is 0 Å². The maximum Gasteiger partial charge on any atom is 0.293 e. The molecule has 0 aromatic heterocycles. The predicted molar refractivity (Wildman–Crippen MR) is 105 cm³/mol. The second kappa shape index (κ2) is 7.90. The van der Waals surface area contributed by atoms with Gasteiger partial charge in [0, 0.05) is 17.7 Å². The lowest BCUT2D eigenvalue weighted by atomic mass is 10.1. The number of thioether (sulfide) groups is 1. The van der Waals surface area contributed by atoms with Crippen molar-refractivity contribution in [1.29, 1.82) is 0 Å². The van der Waals surface area contributed by atoms with Crippen molar-refractivity contribution in [2.24, 2.45) is 0 Å². The van der Waals surface area contributed by atoms with Crippen molar-refractivity contribution >= 4 is 56.3 Å². The SMILES string of the molecule is O=C1S/C(=C\c2ccc(Br)c([N+](=O)[O-])c2)C(=O)N1Cc1ccccc1[N+](=O)[O-]. The summed E-state index contributed by atoms with van der Waals surface area (Å²) < 4.78 is 0.291. The minimum atomic E-state index is -0.612. The summed E-state index contributed by atoms with van der Waals surface area (Å²) in [7, 11) is 0. The molecule has 142 valence electrons. The van der Waals surface area contributed by atoms with Gasteiger partial charge in [-0.1, -0.05) is 24.3 Å². The number of nitro groups is 2. The number of hydrogen-bond acceptors (Lipinski definition) is 7. The van der Waals surface area contributed by atoms with E-state index < -0.39 is 21.0 Å². The molecule has 2 amide bonds. The minimum Gasteiger partial charge on any atom is -0.268 e. The van der Waals surface area contributed by atoms with E-state index in [0.29, 0.717) is 21.8 Å². The number of imide groups is 1. The topological polar surface area (TPSA) is 124 Å². The first kappa shape index (κ1) is 19.7. The van der Waals surface area contributed by atoms with Crippen LogP contribution < -0.4 is 0 Å². The molecule has 0 spiro atoms. The largest absolute Gasteiger partial charge is 0.293 e. The molecular formula is C17H10BrN3O6S. The standard InChI is InChI=1S/C17H10BrN3O6S/c18-12-6-5-10(7-14(12)21(26)27)8-15-16(22)19(17(23)28-15)9-11-3-1-2-4-13(11)20(24)25/h1-8H,9H2/b15-8-. The van der Waals surface area contributed by atoms with E-state index in [1.54, 1.807) is 12.1 Å². The summed E-state index contributed by atoms with van der Waals surface area (Å²) in [5.74, 6) is -0.612. The van der Waals surface area contributed by atoms with Gasteiger partial charge in [0.15, 0.2) is 0 Å². The number of nitrogens with zero attached hydrogens (tertiary/aromatic N) is 3. The monoisotopic (exact) mass is 463 g/mol. The van der Waals surface area contributed by atoms with E-state index in [1.807, 2.05) is 0 Å². The van der Waals surface area contributed by atoms with Gasteiger partial charge in [-0.25, -0.2) is 0 Å². The van der Waals surface area contributed by atoms with E-state index in [1.165, 1.54) is 36.4 Å². The maximum absolute atomic E-state index is 12.6. The first-order valence-electron chi connectivity index (χ1n) is 7.69. The molecule has 0 N–H and O–H groups in total. The Morgan fingerprint density at radius 3 is 2.39 bits per heavy atom. The quantitative estimate of drug-likeness (QED) is 0.363. The van der Waals surface area contributed by atoms with E-state index >= 15 is 0 Å². The van der Waals surface area contributed by atoms with Gasteiger partial charge in [-0.15, -0.1) is 0 Å². The molecule has 28 heavy (non-hydrogen) atoms. The third kappa shape index (κ3) is 3.94. The highest BCUT2D eigenvalue weighted by atomic mass is 79.9. The molecule has 0 unspecified atom stereocenters. The Hall–Kier alpha value is -3.05. The summed E-state index contributed by atoms with van der Waals surface area (Å²) in [4.78, 5) is 46.8. The molecular weight excluding hydrogens is 454 g/mol. The third-order valence-electron chi connectivity index (χ3n) is 3.86. The fourth-order valence-corrected chi connectivity index (χ4v) is 3.77. The lowest BCUT2D eigenvalue weighted by molar-refractivity contribution is -0.385. The van der Waals surface area contributed by atoms with Crippen molar-refractivity contribution in [3.8, 4) is 0 Å². The summed E-state index contributed by atoms with van der Waals surface area (Å²) in [6.07, 6.45) is 1.38. The number of nitro benzene ring substituents is 2. The molecule has 0 aliphatic carbocycles. The third-order valence-corrected chi connectivity index (χ3v) is 5.43. The number of para-hydroxylation sites is 1. The molecule has 1 aliphatic heterocycles. The van der Waals surface area contributed by atoms with Crippen LogP contribution in [0.1, 0.15) is 11.1 Å². The van der Waals surface area contributed by atoms with Gasteiger partial charge < -0.3 is 0 Å². The molecule has 3 rings (SSSR count). The zero-order chi connectivity index (χ0) is 20.4. The second-order valence-corrected chi connectivity index (χ2v) is 7.47. The highest BCUT2D eigenvalue weighted by Crippen LogP contribution is 2.35. The van der Waals surface area contributed by atoms with Crippen LogP contribution >= 0.6 is 27.7 Å². The van der Waals surface area contributed by atoms with Crippen LogP contribution in [0, 0.1) is 20.2 Å². The Morgan fingerprint density at radius 1 is 1.04 bits per heavy atom. The summed E-state index contributed by atoms with van der Waals surface area (Å²) in [6.45, 7) is -0.236. The van der Waals surface area contributed by atoms with E-state index in [4.69, 9.17) is 0 Å². The van der Waals surface area contributed by atoms with Gasteiger partial charge in [-0.3, -0.25) is 34.7 Å². The number of amides is 2. The van der Waals surface area contributed by atoms with Crippen molar-refractivity contribution < 1.29 is 19.4 Å². The van der Waals surface area contributed by atoms with Crippen LogP contribution in [0.15, 0.2) is 51.8 Å². The first-order valence-corrected chi connectivity index (χ1v) is 9.30. The van der Waals surface area contributed by atoms with Crippen LogP contribution in [0.4, 0.5) is 16.2 Å². The number of carbonyl (C=O) groups excluding carboxylic acids is 2. The molecule has 1 aliphatic rings. The summed E-state index contributed by atoms with van der Waals surface area (Å²) in [5, 5.41) is 21.6. The van der Waals surface area contributed by atoms with E-state index in [9.17, 15) is 29.8 Å². The van der Waals surface area contributed by atoms with Crippen molar-refractivity contribution in [1.82, 2.24) is 4.90 Å². The number of hydrogen-bond donors (Lipinski definition) is 0. The van der Waals surface area contributed by atoms with Crippen molar-refractivity contribution in [2.45, 2.75) is 6.54 Å². The molecule has 9 nitrogen and oxygen atoms in total. The second-order valence-electron chi connectivity index (χ2n) is 5.62. The number of carbonyl (C=O) groups is 2. The molecule has 11 heteroatoms. The van der Waals surface area contributed by atoms with E-state index in [0.717, 1.165) is 4.90 Å². The summed E-state index contributed by atoms with van der Waals surface area (Å²) in [6, 6.07) is 10.2. The number of rotatable bonds is 5. The Bertz CT molecular complexity index is 1050. The maximum atomic E-state index is 12.6. The Kier molecular flexibility index (Phi) is 5.56. The lowest BCUT2D eigenvalue weighted by Gasteiger charge is -2.12. The van der Waals surface area contributed by atoms with Crippen molar-refractivity contribution in [2.75, 3.05) is 0 Å². The Labute approximate surface area is 170 Å². The lowest BCUT2D eigenvalue weighted by Crippen LogP contribution is -2.27. The zero-order valence-electron chi connectivity index (χ0n) is 13.9. The van der Waals surface area contributed by atoms with Crippen LogP contribution in [0.2, 0.25) is 0 Å². The fourth-order valence-electron chi connectivity index (χ4n) is 2.54. The summed E-state index contributed by atoms with van der Waals surface area (Å²) >= 11 is 3.75. The van der Waals surface area contributed by atoms with Crippen LogP contribution in [0.5, 0.6) is 0 Å². The first-order chi connectivity index (χ1) is 13.3. The number of halogens is 1. The van der Waals surface area contributed by atoms with Crippen LogP contribution in [0.25, 0.3) is 6.08 Å². The highest BCUT2D eigenvalue weighted by Gasteiger charge is 2.36. The van der Waals surface area contributed by atoms with Gasteiger partial charge in [0.2, 0.25) is 0 Å². The normalized spacial score (nSPS) is 15.3. The predicted octanol–water partition coefficient (Wildman–Crippen LogP) is 4.50. The van der Waals surface area contributed by atoms with E-state index in [2.05, 4.69) is 15.9 Å². The number of benzene rings is 2. The molecule has 2 aromatic rings. The van der Waals surface area contributed by atoms with Gasteiger partial charge in [0.05, 0.1) is 25.8 Å². The summed E-state index contributed by atoms with van der Waals surface area (Å²) in [5.41, 5.74) is 0.253. The Balaban J connectivity index is 1.88. The van der Waals surface area contributed by atoms with Gasteiger partial charge in [-0.05, 0) is 45.4 Å². The van der Waals surface area contributed by atoms with Crippen LogP contribution in [0.3, 0.4) is 0 Å². The van der Waals surface area contributed by atoms with E-state index in [-0.39, 0.29) is 28.4 Å². The van der Waals surface area contributed by atoms with Crippen LogP contribution in [-0.2, 0) is 11.3 Å². The molecule has 1 saturated heterocycles. The average molecular weight is 464 g/mol. The average Bonchev–Trinajstić information content (AvgIpc) is 2.90. The molecule has 0 bridgehead atoms. The molecule has 1 fully saturated rings. The molecule has 1 heterocycles. The zero-order valence-corrected chi connectivity index (χ0v) is 16.3. The molecule has 0 radical (unpaired) electrons. The van der Waals surface area contributed by atoms with Gasteiger partial charge in [-0.2, -0.15) is 0 Å². The van der Waals surface area contributed by atoms with Crippen molar-refractivity contribution in [3.63, 3.8) is 0 Å².